The van der Waals surface area contributed by atoms with Gasteiger partial charge in [-0.1, -0.05) is 35.5 Å². The van der Waals surface area contributed by atoms with E-state index in [1.165, 1.54) is 0 Å². The van der Waals surface area contributed by atoms with Crippen molar-refractivity contribution in [2.24, 2.45) is 5.16 Å². The highest BCUT2D eigenvalue weighted by Gasteiger charge is 2.11. The molecule has 0 saturated heterocycles. The van der Waals surface area contributed by atoms with E-state index in [9.17, 15) is 0 Å². The monoisotopic (exact) mass is 331 g/mol. The number of nitrogens with zero attached hydrogens (tertiary/aromatic N) is 2. The molecule has 0 aliphatic heterocycles. The molecule has 0 saturated carbocycles. The van der Waals surface area contributed by atoms with Crippen molar-refractivity contribution in [2.45, 2.75) is 6.92 Å². The second-order valence-corrected chi connectivity index (χ2v) is 5.71. The number of aromatic nitrogens is 1. The zero-order chi connectivity index (χ0) is 17.2. The number of hydrogen-bond acceptors (Lipinski definition) is 5. The highest BCUT2D eigenvalue weighted by Crippen LogP contribution is 2.33. The van der Waals surface area contributed by atoms with Gasteiger partial charge in [0, 0.05) is 11.1 Å². The smallest absolute Gasteiger partial charge is 0.228 e. The summed E-state index contributed by atoms with van der Waals surface area (Å²) < 4.78 is 5.50. The SMILES string of the molecule is CO/N=C(\C)c1ccc(Nc2c3ccccc3nc3occc23)cc1. The zero-order valence-electron chi connectivity index (χ0n) is 14.0. The van der Waals surface area contributed by atoms with Crippen LogP contribution in [0, 0.1) is 0 Å². The standard InChI is InChI=1S/C20H17N3O2/c1-13(23-24-2)14-7-9-15(10-8-14)21-19-16-5-3-4-6-18(16)22-20-17(19)11-12-25-20/h3-12H,1-2H3,(H,21,22)/b23-13+. The Bertz CT molecular complexity index is 1070. The number of para-hydroxylation sites is 1. The van der Waals surface area contributed by atoms with Crippen molar-refractivity contribution in [2.75, 3.05) is 12.4 Å². The first-order chi connectivity index (χ1) is 12.3. The van der Waals surface area contributed by atoms with E-state index in [0.29, 0.717) is 5.71 Å². The molecule has 2 heterocycles. The topological polar surface area (TPSA) is 59.6 Å². The van der Waals surface area contributed by atoms with Crippen LogP contribution in [0.1, 0.15) is 12.5 Å². The van der Waals surface area contributed by atoms with Gasteiger partial charge in [0.2, 0.25) is 5.71 Å². The molecule has 25 heavy (non-hydrogen) atoms. The minimum absolute atomic E-state index is 0.626. The van der Waals surface area contributed by atoms with Crippen LogP contribution in [0.25, 0.3) is 22.0 Å². The van der Waals surface area contributed by atoms with Gasteiger partial charge in [-0.3, -0.25) is 0 Å². The second-order valence-electron chi connectivity index (χ2n) is 5.71. The minimum atomic E-state index is 0.626. The number of hydrogen-bond donors (Lipinski definition) is 1. The molecule has 0 aliphatic carbocycles. The fourth-order valence-electron chi connectivity index (χ4n) is 2.88. The Hall–Kier alpha value is -3.34. The Balaban J connectivity index is 1.77. The van der Waals surface area contributed by atoms with Crippen molar-refractivity contribution in [3.05, 3.63) is 66.4 Å². The molecule has 5 heteroatoms. The van der Waals surface area contributed by atoms with Crippen LogP contribution in [0.4, 0.5) is 11.4 Å². The highest BCUT2D eigenvalue weighted by molar-refractivity contribution is 6.07. The van der Waals surface area contributed by atoms with Gasteiger partial charge in [0.25, 0.3) is 0 Å². The minimum Gasteiger partial charge on any atom is -0.446 e. The summed E-state index contributed by atoms with van der Waals surface area (Å²) in [4.78, 5) is 9.39. The van der Waals surface area contributed by atoms with Crippen molar-refractivity contribution in [3.63, 3.8) is 0 Å². The Kier molecular flexibility index (Phi) is 3.82. The molecular weight excluding hydrogens is 314 g/mol. The molecule has 1 N–H and O–H groups in total. The Morgan fingerprint density at radius 2 is 1.84 bits per heavy atom. The summed E-state index contributed by atoms with van der Waals surface area (Å²) in [5.74, 6) is 0. The Morgan fingerprint density at radius 1 is 1.04 bits per heavy atom. The van der Waals surface area contributed by atoms with Crippen LogP contribution in [0.5, 0.6) is 0 Å². The summed E-state index contributed by atoms with van der Waals surface area (Å²) >= 11 is 0. The van der Waals surface area contributed by atoms with Gasteiger partial charge in [-0.05, 0) is 36.8 Å². The number of nitrogens with one attached hydrogen (secondary N) is 1. The summed E-state index contributed by atoms with van der Waals surface area (Å²) in [6.07, 6.45) is 1.66. The maximum Gasteiger partial charge on any atom is 0.228 e. The third kappa shape index (κ3) is 2.80. The van der Waals surface area contributed by atoms with E-state index in [0.717, 1.165) is 38.9 Å². The highest BCUT2D eigenvalue weighted by atomic mass is 16.6. The molecular formula is C20H17N3O2. The molecule has 5 nitrogen and oxygen atoms in total. The molecule has 2 aromatic heterocycles. The van der Waals surface area contributed by atoms with Crippen molar-refractivity contribution in [1.82, 2.24) is 4.98 Å². The lowest BCUT2D eigenvalue weighted by molar-refractivity contribution is 0.213. The van der Waals surface area contributed by atoms with Crippen molar-refractivity contribution in [1.29, 1.82) is 0 Å². The lowest BCUT2D eigenvalue weighted by Crippen LogP contribution is -1.97. The van der Waals surface area contributed by atoms with Gasteiger partial charge < -0.3 is 14.6 Å². The van der Waals surface area contributed by atoms with Crippen LogP contribution < -0.4 is 5.32 Å². The maximum atomic E-state index is 5.50. The summed E-state index contributed by atoms with van der Waals surface area (Å²) in [5.41, 5.74) is 5.34. The number of rotatable bonds is 4. The molecule has 0 aliphatic rings. The van der Waals surface area contributed by atoms with Crippen molar-refractivity contribution >= 4 is 39.1 Å². The van der Waals surface area contributed by atoms with E-state index in [1.807, 2.05) is 55.5 Å². The lowest BCUT2D eigenvalue weighted by atomic mass is 10.1. The molecule has 124 valence electrons. The quantitative estimate of drug-likeness (QED) is 0.418. The number of furan rings is 1. The van der Waals surface area contributed by atoms with Crippen LogP contribution in [-0.2, 0) is 4.84 Å². The molecule has 0 atom stereocenters. The zero-order valence-corrected chi connectivity index (χ0v) is 14.0. The third-order valence-corrected chi connectivity index (χ3v) is 4.11. The predicted molar refractivity (Wildman–Crippen MR) is 100 cm³/mol. The normalized spacial score (nSPS) is 11.8. The van der Waals surface area contributed by atoms with Crippen LogP contribution >= 0.6 is 0 Å². The molecule has 0 bridgehead atoms. The molecule has 2 aromatic carbocycles. The largest absolute Gasteiger partial charge is 0.446 e. The van der Waals surface area contributed by atoms with Crippen LogP contribution in [0.3, 0.4) is 0 Å². The molecule has 0 unspecified atom stereocenters. The van der Waals surface area contributed by atoms with E-state index in [-0.39, 0.29) is 0 Å². The first-order valence-corrected chi connectivity index (χ1v) is 7.97. The molecule has 0 spiro atoms. The van der Waals surface area contributed by atoms with E-state index in [1.54, 1.807) is 13.4 Å². The van der Waals surface area contributed by atoms with Crippen LogP contribution in [0.15, 0.2) is 70.4 Å². The third-order valence-electron chi connectivity index (χ3n) is 4.11. The van der Waals surface area contributed by atoms with Gasteiger partial charge in [0.1, 0.15) is 7.11 Å². The van der Waals surface area contributed by atoms with Gasteiger partial charge in [0.15, 0.2) is 0 Å². The number of anilines is 2. The summed E-state index contributed by atoms with van der Waals surface area (Å²) in [6.45, 7) is 1.91. The van der Waals surface area contributed by atoms with Gasteiger partial charge in [0.05, 0.1) is 28.6 Å². The first-order valence-electron chi connectivity index (χ1n) is 7.97. The predicted octanol–water partition coefficient (Wildman–Crippen LogP) is 5.10. The van der Waals surface area contributed by atoms with E-state index in [4.69, 9.17) is 9.25 Å². The lowest BCUT2D eigenvalue weighted by Gasteiger charge is -2.11. The molecule has 0 fully saturated rings. The fraction of sp³-hybridized carbons (Fsp3) is 0.100. The average molecular weight is 331 g/mol. The number of benzene rings is 2. The molecule has 4 rings (SSSR count). The molecule has 4 aromatic rings. The summed E-state index contributed by atoms with van der Waals surface area (Å²) in [6, 6.07) is 18.0. The van der Waals surface area contributed by atoms with E-state index in [2.05, 4.69) is 21.5 Å². The number of oxime groups is 1. The van der Waals surface area contributed by atoms with Crippen molar-refractivity contribution in [3.8, 4) is 0 Å². The second kappa shape index (κ2) is 6.28. The van der Waals surface area contributed by atoms with Gasteiger partial charge >= 0.3 is 0 Å². The van der Waals surface area contributed by atoms with Gasteiger partial charge in [-0.15, -0.1) is 0 Å². The van der Waals surface area contributed by atoms with Crippen LogP contribution in [0.2, 0.25) is 0 Å². The van der Waals surface area contributed by atoms with Gasteiger partial charge in [-0.2, -0.15) is 0 Å². The average Bonchev–Trinajstić information content (AvgIpc) is 3.10. The first kappa shape index (κ1) is 15.2. The molecule has 0 amide bonds. The number of fused-ring (bicyclic) bond motifs is 2. The van der Waals surface area contributed by atoms with Crippen molar-refractivity contribution < 1.29 is 9.25 Å². The Labute approximate surface area is 144 Å². The molecule has 0 radical (unpaired) electrons. The maximum absolute atomic E-state index is 5.50. The van der Waals surface area contributed by atoms with E-state index >= 15 is 0 Å². The fourth-order valence-corrected chi connectivity index (χ4v) is 2.88. The summed E-state index contributed by atoms with van der Waals surface area (Å²) in [7, 11) is 1.55. The van der Waals surface area contributed by atoms with Crippen LogP contribution in [-0.4, -0.2) is 17.8 Å². The van der Waals surface area contributed by atoms with E-state index < -0.39 is 0 Å². The summed E-state index contributed by atoms with van der Waals surface area (Å²) in [5, 5.41) is 9.47. The van der Waals surface area contributed by atoms with Gasteiger partial charge in [-0.25, -0.2) is 4.98 Å². The number of pyridine rings is 1. The Morgan fingerprint density at radius 3 is 2.64 bits per heavy atom.